The number of carbonyl (C=O) groups is 1. The highest BCUT2D eigenvalue weighted by atomic mass is 35.5. The van der Waals surface area contributed by atoms with Gasteiger partial charge < -0.3 is 5.32 Å². The van der Waals surface area contributed by atoms with E-state index in [0.717, 1.165) is 12.1 Å². The van der Waals surface area contributed by atoms with Crippen molar-refractivity contribution in [1.82, 2.24) is 0 Å². The molecule has 0 heterocycles. The molecule has 0 bridgehead atoms. The van der Waals surface area contributed by atoms with Crippen LogP contribution in [0, 0.1) is 17.0 Å². The molecule has 0 saturated heterocycles. The van der Waals surface area contributed by atoms with Gasteiger partial charge in [0.25, 0.3) is 11.6 Å². The fourth-order valence-electron chi connectivity index (χ4n) is 2.06. The summed E-state index contributed by atoms with van der Waals surface area (Å²) in [6, 6.07) is 6.84. The highest BCUT2D eigenvalue weighted by Crippen LogP contribution is 2.29. The van der Waals surface area contributed by atoms with Crippen LogP contribution in [0.5, 0.6) is 0 Å². The molecule has 2 N–H and O–H groups in total. The summed E-state index contributed by atoms with van der Waals surface area (Å²) in [7, 11) is -5.58. The third-order valence-corrected chi connectivity index (χ3v) is 4.86. The van der Waals surface area contributed by atoms with Crippen LogP contribution in [-0.4, -0.2) is 24.8 Å². The van der Waals surface area contributed by atoms with E-state index in [1.165, 1.54) is 35.9 Å². The number of aryl methyl sites for hydroxylation is 1. The molecule has 0 aliphatic carbocycles. The molecule has 0 aromatic heterocycles. The average Bonchev–Trinajstić information content (AvgIpc) is 2.56. The van der Waals surface area contributed by atoms with Gasteiger partial charge in [0.05, 0.1) is 10.6 Å². The summed E-state index contributed by atoms with van der Waals surface area (Å²) >= 11 is 5.67. The van der Waals surface area contributed by atoms with Gasteiger partial charge in [-0.3, -0.25) is 19.6 Å². The summed E-state index contributed by atoms with van der Waals surface area (Å²) in [5.41, 5.74) is -6.10. The highest BCUT2D eigenvalue weighted by molar-refractivity contribution is 7.93. The lowest BCUT2D eigenvalue weighted by Gasteiger charge is -2.14. The van der Waals surface area contributed by atoms with E-state index in [9.17, 15) is 36.5 Å². The number of rotatable bonds is 5. The molecule has 0 spiro atoms. The topological polar surface area (TPSA) is 118 Å². The van der Waals surface area contributed by atoms with E-state index < -0.39 is 32.0 Å². The molecular weight excluding hydrogens is 427 g/mol. The number of nitrogens with one attached hydrogen (secondary N) is 2. The Hall–Kier alpha value is -2.86. The largest absolute Gasteiger partial charge is 0.516 e. The van der Waals surface area contributed by atoms with Gasteiger partial charge in [0.15, 0.2) is 0 Å². The maximum absolute atomic E-state index is 12.4. The number of carbonyl (C=O) groups excluding carboxylic acids is 1. The first-order valence-electron chi connectivity index (χ1n) is 7.27. The van der Waals surface area contributed by atoms with E-state index in [2.05, 4.69) is 5.32 Å². The molecule has 2 aromatic rings. The first kappa shape index (κ1) is 21.4. The Labute approximate surface area is 161 Å². The minimum atomic E-state index is -5.58. The van der Waals surface area contributed by atoms with E-state index >= 15 is 0 Å². The van der Waals surface area contributed by atoms with Gasteiger partial charge in [-0.05, 0) is 42.8 Å². The van der Waals surface area contributed by atoms with Gasteiger partial charge in [-0.15, -0.1) is 0 Å². The third kappa shape index (κ3) is 4.70. The van der Waals surface area contributed by atoms with Crippen LogP contribution in [0.3, 0.4) is 0 Å². The molecule has 1 amide bonds. The second kappa shape index (κ2) is 7.64. The smallest absolute Gasteiger partial charge is 0.322 e. The predicted molar refractivity (Wildman–Crippen MR) is 95.8 cm³/mol. The number of benzene rings is 2. The Balaban J connectivity index is 2.22. The lowest BCUT2D eigenvalue weighted by Crippen LogP contribution is -2.30. The van der Waals surface area contributed by atoms with Crippen LogP contribution in [-0.2, 0) is 10.0 Å². The Kier molecular flexibility index (Phi) is 5.85. The van der Waals surface area contributed by atoms with Crippen molar-refractivity contribution in [1.29, 1.82) is 0 Å². The van der Waals surface area contributed by atoms with E-state index in [0.29, 0.717) is 0 Å². The van der Waals surface area contributed by atoms with Gasteiger partial charge in [0.1, 0.15) is 5.02 Å². The van der Waals surface area contributed by atoms with Crippen LogP contribution in [0.15, 0.2) is 36.4 Å². The minimum absolute atomic E-state index is 0.0735. The van der Waals surface area contributed by atoms with Crippen LogP contribution in [0.1, 0.15) is 15.9 Å². The van der Waals surface area contributed by atoms with Crippen LogP contribution in [0.25, 0.3) is 0 Å². The fraction of sp³-hybridized carbons (Fsp3) is 0.133. The number of halogens is 4. The zero-order valence-corrected chi connectivity index (χ0v) is 15.4. The van der Waals surface area contributed by atoms with Crippen LogP contribution in [0.2, 0.25) is 5.02 Å². The average molecular weight is 438 g/mol. The second-order valence-corrected chi connectivity index (χ2v) is 7.54. The summed E-state index contributed by atoms with van der Waals surface area (Å²) in [4.78, 5) is 22.3. The second-order valence-electron chi connectivity index (χ2n) is 5.46. The predicted octanol–water partition coefficient (Wildman–Crippen LogP) is 4.07. The Bertz CT molecular complexity index is 1060. The van der Waals surface area contributed by atoms with Crippen molar-refractivity contribution in [2.45, 2.75) is 12.4 Å². The van der Waals surface area contributed by atoms with E-state index in [-0.39, 0.29) is 27.5 Å². The molecule has 0 atom stereocenters. The number of anilines is 2. The molecule has 28 heavy (non-hydrogen) atoms. The van der Waals surface area contributed by atoms with Crippen molar-refractivity contribution in [2.75, 3.05) is 10.0 Å². The van der Waals surface area contributed by atoms with E-state index in [1.807, 2.05) is 0 Å². The summed E-state index contributed by atoms with van der Waals surface area (Å²) < 4.78 is 61.1. The van der Waals surface area contributed by atoms with Gasteiger partial charge in [0, 0.05) is 17.3 Å². The van der Waals surface area contributed by atoms with E-state index in [4.69, 9.17) is 11.6 Å². The molecule has 0 fully saturated rings. The van der Waals surface area contributed by atoms with E-state index in [1.54, 1.807) is 0 Å². The van der Waals surface area contributed by atoms with Crippen molar-refractivity contribution in [2.24, 2.45) is 0 Å². The molecule has 2 rings (SSSR count). The number of hydrogen-bond donors (Lipinski definition) is 2. The Morgan fingerprint density at radius 3 is 2.36 bits per heavy atom. The number of nitro benzene ring substituents is 1. The maximum Gasteiger partial charge on any atom is 0.516 e. The summed E-state index contributed by atoms with van der Waals surface area (Å²) in [6.07, 6.45) is 0. The van der Waals surface area contributed by atoms with Crippen molar-refractivity contribution < 1.29 is 31.3 Å². The van der Waals surface area contributed by atoms with Crippen LogP contribution < -0.4 is 10.0 Å². The zero-order chi connectivity index (χ0) is 21.3. The standard InChI is InChI=1S/C15H11ClF3N3O5S/c1-8-6-10(3-5-12(8)21-28(26,27)15(17,18)19)20-14(23)9-2-4-11(16)13(7-9)22(24)25/h2-7,21H,1H3,(H,20,23). The molecule has 0 unspecified atom stereocenters. The first-order valence-corrected chi connectivity index (χ1v) is 9.13. The molecule has 13 heteroatoms. The molecule has 2 aromatic carbocycles. The SMILES string of the molecule is Cc1cc(NC(=O)c2ccc(Cl)c([N+](=O)[O-])c2)ccc1NS(=O)(=O)C(F)(F)F. The van der Waals surface area contributed by atoms with Crippen molar-refractivity contribution >= 4 is 44.6 Å². The van der Waals surface area contributed by atoms with Gasteiger partial charge in [0.2, 0.25) is 0 Å². The molecular formula is C15H11ClF3N3O5S. The number of nitro groups is 1. The molecule has 0 radical (unpaired) electrons. The van der Waals surface area contributed by atoms with Gasteiger partial charge in [-0.25, -0.2) is 0 Å². The van der Waals surface area contributed by atoms with Gasteiger partial charge >= 0.3 is 15.5 Å². The summed E-state index contributed by atoms with van der Waals surface area (Å²) in [6.45, 7) is 1.33. The maximum atomic E-state index is 12.4. The number of sulfonamides is 1. The lowest BCUT2D eigenvalue weighted by atomic mass is 10.1. The van der Waals surface area contributed by atoms with Crippen molar-refractivity contribution in [3.05, 3.63) is 62.7 Å². The monoisotopic (exact) mass is 437 g/mol. The first-order chi connectivity index (χ1) is 12.8. The highest BCUT2D eigenvalue weighted by Gasteiger charge is 2.46. The fourth-order valence-corrected chi connectivity index (χ4v) is 2.88. The molecule has 0 aliphatic rings. The Morgan fingerprint density at radius 2 is 1.82 bits per heavy atom. The minimum Gasteiger partial charge on any atom is -0.322 e. The molecule has 150 valence electrons. The van der Waals surface area contributed by atoms with Crippen LogP contribution in [0.4, 0.5) is 30.2 Å². The molecule has 0 saturated carbocycles. The quantitative estimate of drug-likeness (QED) is 0.540. The van der Waals surface area contributed by atoms with Gasteiger partial charge in [-0.1, -0.05) is 11.6 Å². The number of nitrogens with zero attached hydrogens (tertiary/aromatic N) is 1. The number of alkyl halides is 3. The zero-order valence-electron chi connectivity index (χ0n) is 13.9. The molecule has 0 aliphatic heterocycles. The Morgan fingerprint density at radius 1 is 1.18 bits per heavy atom. The van der Waals surface area contributed by atoms with Crippen molar-refractivity contribution in [3.63, 3.8) is 0 Å². The lowest BCUT2D eigenvalue weighted by molar-refractivity contribution is -0.384. The third-order valence-electron chi connectivity index (χ3n) is 3.44. The summed E-state index contributed by atoms with van der Waals surface area (Å²) in [5.74, 6) is -0.734. The van der Waals surface area contributed by atoms with Crippen molar-refractivity contribution in [3.8, 4) is 0 Å². The van der Waals surface area contributed by atoms with Gasteiger partial charge in [-0.2, -0.15) is 21.6 Å². The normalized spacial score (nSPS) is 11.8. The molecule has 8 nitrogen and oxygen atoms in total. The number of amides is 1. The number of hydrogen-bond acceptors (Lipinski definition) is 5. The summed E-state index contributed by atoms with van der Waals surface area (Å²) in [5, 5.41) is 13.1. The van der Waals surface area contributed by atoms with Crippen LogP contribution >= 0.6 is 11.6 Å².